The van der Waals surface area contributed by atoms with Crippen molar-refractivity contribution in [2.75, 3.05) is 17.7 Å². The number of hydrogen-bond acceptors (Lipinski definition) is 5. The van der Waals surface area contributed by atoms with E-state index in [2.05, 4.69) is 15.6 Å². The SMILES string of the molecule is COc1ccc(NC(C)C(=O)Nc2ccccc2C#N)cn1. The van der Waals surface area contributed by atoms with Crippen molar-refractivity contribution in [1.82, 2.24) is 4.98 Å². The maximum atomic E-state index is 12.2. The molecular weight excluding hydrogens is 280 g/mol. The molecule has 1 aromatic carbocycles. The standard InChI is InChI=1S/C16H16N4O2/c1-11(19-13-7-8-15(22-2)18-10-13)16(21)20-14-6-4-3-5-12(14)9-17/h3-8,10-11,19H,1-2H3,(H,20,21). The van der Waals surface area contributed by atoms with Crippen LogP contribution >= 0.6 is 0 Å². The number of amides is 1. The normalized spacial score (nSPS) is 11.1. The predicted octanol–water partition coefficient (Wildman–Crippen LogP) is 2.40. The van der Waals surface area contributed by atoms with Gasteiger partial charge in [-0.3, -0.25) is 4.79 Å². The fourth-order valence-corrected chi connectivity index (χ4v) is 1.83. The third-order valence-corrected chi connectivity index (χ3v) is 3.03. The van der Waals surface area contributed by atoms with Crippen molar-refractivity contribution in [3.05, 3.63) is 48.2 Å². The number of carbonyl (C=O) groups is 1. The van der Waals surface area contributed by atoms with Crippen LogP contribution in [0.4, 0.5) is 11.4 Å². The van der Waals surface area contributed by atoms with Gasteiger partial charge in [-0.15, -0.1) is 0 Å². The molecule has 0 aliphatic carbocycles. The van der Waals surface area contributed by atoms with Gasteiger partial charge in [0.25, 0.3) is 0 Å². The topological polar surface area (TPSA) is 87.0 Å². The van der Waals surface area contributed by atoms with E-state index in [0.717, 1.165) is 0 Å². The number of anilines is 2. The Morgan fingerprint density at radius 1 is 1.32 bits per heavy atom. The van der Waals surface area contributed by atoms with Crippen molar-refractivity contribution >= 4 is 17.3 Å². The highest BCUT2D eigenvalue weighted by molar-refractivity contribution is 5.97. The quantitative estimate of drug-likeness (QED) is 0.884. The number of methoxy groups -OCH3 is 1. The molecule has 0 aliphatic heterocycles. The van der Waals surface area contributed by atoms with Crippen molar-refractivity contribution in [2.45, 2.75) is 13.0 Å². The zero-order valence-corrected chi connectivity index (χ0v) is 12.3. The summed E-state index contributed by atoms with van der Waals surface area (Å²) in [6.45, 7) is 1.73. The van der Waals surface area contributed by atoms with Gasteiger partial charge in [0.1, 0.15) is 12.1 Å². The van der Waals surface area contributed by atoms with E-state index >= 15 is 0 Å². The molecule has 0 saturated carbocycles. The van der Waals surface area contributed by atoms with E-state index in [1.807, 2.05) is 6.07 Å². The van der Waals surface area contributed by atoms with Gasteiger partial charge < -0.3 is 15.4 Å². The fraction of sp³-hybridized carbons (Fsp3) is 0.188. The molecular formula is C16H16N4O2. The van der Waals surface area contributed by atoms with Crippen LogP contribution in [-0.4, -0.2) is 24.0 Å². The third-order valence-electron chi connectivity index (χ3n) is 3.03. The molecule has 1 atom stereocenters. The van der Waals surface area contributed by atoms with E-state index in [1.54, 1.807) is 49.5 Å². The Morgan fingerprint density at radius 3 is 2.73 bits per heavy atom. The van der Waals surface area contributed by atoms with E-state index in [-0.39, 0.29) is 5.91 Å². The zero-order valence-electron chi connectivity index (χ0n) is 12.3. The first kappa shape index (κ1) is 15.3. The van der Waals surface area contributed by atoms with Crippen LogP contribution < -0.4 is 15.4 Å². The molecule has 6 nitrogen and oxygen atoms in total. The summed E-state index contributed by atoms with van der Waals surface area (Å²) in [5, 5.41) is 14.8. The molecule has 2 N–H and O–H groups in total. The van der Waals surface area contributed by atoms with Crippen molar-refractivity contribution in [3.63, 3.8) is 0 Å². The Labute approximate surface area is 128 Å². The number of nitriles is 1. The molecule has 1 amide bonds. The highest BCUT2D eigenvalue weighted by Crippen LogP contribution is 2.15. The first-order chi connectivity index (χ1) is 10.6. The van der Waals surface area contributed by atoms with Gasteiger partial charge in [0.15, 0.2) is 0 Å². The van der Waals surface area contributed by atoms with E-state index in [1.165, 1.54) is 7.11 Å². The number of nitrogens with one attached hydrogen (secondary N) is 2. The van der Waals surface area contributed by atoms with E-state index in [4.69, 9.17) is 10.00 Å². The molecule has 1 unspecified atom stereocenters. The summed E-state index contributed by atoms with van der Waals surface area (Å²) in [6.07, 6.45) is 1.59. The highest BCUT2D eigenvalue weighted by atomic mass is 16.5. The largest absolute Gasteiger partial charge is 0.481 e. The fourth-order valence-electron chi connectivity index (χ4n) is 1.83. The maximum Gasteiger partial charge on any atom is 0.246 e. The van der Waals surface area contributed by atoms with Gasteiger partial charge in [0, 0.05) is 6.07 Å². The predicted molar refractivity (Wildman–Crippen MR) is 83.7 cm³/mol. The van der Waals surface area contributed by atoms with Crippen LogP contribution in [-0.2, 0) is 4.79 Å². The van der Waals surface area contributed by atoms with Gasteiger partial charge in [0.2, 0.25) is 11.8 Å². The Hall–Kier alpha value is -3.07. The lowest BCUT2D eigenvalue weighted by atomic mass is 10.2. The molecule has 0 radical (unpaired) electrons. The number of benzene rings is 1. The Balaban J connectivity index is 2.01. The molecule has 0 bridgehead atoms. The molecule has 0 aliphatic rings. The van der Waals surface area contributed by atoms with E-state index in [9.17, 15) is 4.79 Å². The average Bonchev–Trinajstić information content (AvgIpc) is 2.56. The van der Waals surface area contributed by atoms with Crippen LogP contribution in [0.15, 0.2) is 42.6 Å². The number of rotatable bonds is 5. The zero-order chi connectivity index (χ0) is 15.9. The summed E-state index contributed by atoms with van der Waals surface area (Å²) in [7, 11) is 1.54. The molecule has 1 heterocycles. The summed E-state index contributed by atoms with van der Waals surface area (Å²) < 4.78 is 4.98. The summed E-state index contributed by atoms with van der Waals surface area (Å²) in [5.74, 6) is 0.268. The number of pyridine rings is 1. The lowest BCUT2D eigenvalue weighted by molar-refractivity contribution is -0.116. The minimum absolute atomic E-state index is 0.237. The molecule has 22 heavy (non-hydrogen) atoms. The number of aromatic nitrogens is 1. The Kier molecular flexibility index (Phi) is 4.94. The first-order valence-corrected chi connectivity index (χ1v) is 6.70. The Morgan fingerprint density at radius 2 is 2.09 bits per heavy atom. The number of nitrogens with zero attached hydrogens (tertiary/aromatic N) is 2. The molecule has 0 fully saturated rings. The van der Waals surface area contributed by atoms with Crippen LogP contribution in [0.1, 0.15) is 12.5 Å². The smallest absolute Gasteiger partial charge is 0.246 e. The van der Waals surface area contributed by atoms with Gasteiger partial charge in [-0.05, 0) is 25.1 Å². The summed E-state index contributed by atoms with van der Waals surface area (Å²) >= 11 is 0. The minimum atomic E-state index is -0.484. The molecule has 112 valence electrons. The summed E-state index contributed by atoms with van der Waals surface area (Å²) in [5.41, 5.74) is 1.63. The van der Waals surface area contributed by atoms with Crippen molar-refractivity contribution in [3.8, 4) is 11.9 Å². The number of para-hydroxylation sites is 1. The minimum Gasteiger partial charge on any atom is -0.481 e. The molecule has 1 aromatic heterocycles. The van der Waals surface area contributed by atoms with Gasteiger partial charge in [0.05, 0.1) is 30.2 Å². The molecule has 2 rings (SSSR count). The van der Waals surface area contributed by atoms with E-state index < -0.39 is 6.04 Å². The number of carbonyl (C=O) groups excluding carboxylic acids is 1. The molecule has 2 aromatic rings. The molecule has 0 saturated heterocycles. The van der Waals surface area contributed by atoms with Crippen molar-refractivity contribution in [1.29, 1.82) is 5.26 Å². The number of ether oxygens (including phenoxy) is 1. The molecule has 0 spiro atoms. The lowest BCUT2D eigenvalue weighted by Gasteiger charge is -2.15. The van der Waals surface area contributed by atoms with Crippen LogP contribution in [0, 0.1) is 11.3 Å². The average molecular weight is 296 g/mol. The van der Waals surface area contributed by atoms with Crippen LogP contribution in [0.2, 0.25) is 0 Å². The van der Waals surface area contributed by atoms with Crippen LogP contribution in [0.5, 0.6) is 5.88 Å². The second-order valence-electron chi connectivity index (χ2n) is 4.60. The second kappa shape index (κ2) is 7.09. The number of hydrogen-bond donors (Lipinski definition) is 2. The van der Waals surface area contributed by atoms with Gasteiger partial charge >= 0.3 is 0 Å². The molecule has 6 heteroatoms. The lowest BCUT2D eigenvalue weighted by Crippen LogP contribution is -2.32. The van der Waals surface area contributed by atoms with Crippen LogP contribution in [0.3, 0.4) is 0 Å². The van der Waals surface area contributed by atoms with Gasteiger partial charge in [-0.1, -0.05) is 12.1 Å². The Bertz CT molecular complexity index is 692. The van der Waals surface area contributed by atoms with Crippen LogP contribution in [0.25, 0.3) is 0 Å². The van der Waals surface area contributed by atoms with Gasteiger partial charge in [-0.25, -0.2) is 4.98 Å². The van der Waals surface area contributed by atoms with E-state index in [0.29, 0.717) is 22.8 Å². The summed E-state index contributed by atoms with van der Waals surface area (Å²) in [4.78, 5) is 16.2. The third kappa shape index (κ3) is 3.73. The summed E-state index contributed by atoms with van der Waals surface area (Å²) in [6, 6.07) is 11.9. The van der Waals surface area contributed by atoms with Crippen molar-refractivity contribution in [2.24, 2.45) is 0 Å². The van der Waals surface area contributed by atoms with Crippen molar-refractivity contribution < 1.29 is 9.53 Å². The maximum absolute atomic E-state index is 12.2. The second-order valence-corrected chi connectivity index (χ2v) is 4.60. The highest BCUT2D eigenvalue weighted by Gasteiger charge is 2.14. The van der Waals surface area contributed by atoms with Gasteiger partial charge in [-0.2, -0.15) is 5.26 Å². The first-order valence-electron chi connectivity index (χ1n) is 6.70. The monoisotopic (exact) mass is 296 g/mol.